The van der Waals surface area contributed by atoms with Crippen molar-refractivity contribution in [1.29, 1.82) is 0 Å². The van der Waals surface area contributed by atoms with Crippen molar-refractivity contribution in [3.8, 4) is 11.4 Å². The monoisotopic (exact) mass is 379 g/mol. The van der Waals surface area contributed by atoms with E-state index in [1.54, 1.807) is 35.5 Å². The van der Waals surface area contributed by atoms with Crippen molar-refractivity contribution >= 4 is 10.0 Å². The highest BCUT2D eigenvalue weighted by Crippen LogP contribution is 2.13. The Kier molecular flexibility index (Phi) is 5.33. The first-order valence-electron chi connectivity index (χ1n) is 7.64. The highest BCUT2D eigenvalue weighted by Gasteiger charge is 2.15. The highest BCUT2D eigenvalue weighted by molar-refractivity contribution is 7.88. The van der Waals surface area contributed by atoms with Gasteiger partial charge < -0.3 is 0 Å². The summed E-state index contributed by atoms with van der Waals surface area (Å²) in [6, 6.07) is 4.44. The van der Waals surface area contributed by atoms with E-state index in [4.69, 9.17) is 0 Å². The SMILES string of the molecule is O=S(=O)(Cc1cc(F)ccc1F)NCCn1ccc(-c2cnccn2)n1. The van der Waals surface area contributed by atoms with Crippen molar-refractivity contribution in [3.63, 3.8) is 0 Å². The predicted molar refractivity (Wildman–Crippen MR) is 90.2 cm³/mol. The number of aromatic nitrogens is 4. The number of benzene rings is 1. The smallest absolute Gasteiger partial charge is 0.215 e. The zero-order valence-corrected chi connectivity index (χ0v) is 14.3. The van der Waals surface area contributed by atoms with Crippen LogP contribution in [0.1, 0.15) is 5.56 Å². The average Bonchev–Trinajstić information content (AvgIpc) is 3.07. The zero-order chi connectivity index (χ0) is 18.6. The van der Waals surface area contributed by atoms with Crippen molar-refractivity contribution in [2.24, 2.45) is 0 Å². The average molecular weight is 379 g/mol. The molecular formula is C16H15F2N5O2S. The van der Waals surface area contributed by atoms with Crippen LogP contribution in [0.4, 0.5) is 8.78 Å². The molecule has 3 rings (SSSR count). The Morgan fingerprint density at radius 1 is 1.12 bits per heavy atom. The maximum Gasteiger partial charge on any atom is 0.215 e. The maximum atomic E-state index is 13.6. The summed E-state index contributed by atoms with van der Waals surface area (Å²) in [6.45, 7) is 0.325. The molecule has 0 fully saturated rings. The van der Waals surface area contributed by atoms with Crippen LogP contribution in [0.2, 0.25) is 0 Å². The molecule has 26 heavy (non-hydrogen) atoms. The van der Waals surface area contributed by atoms with E-state index in [1.165, 1.54) is 0 Å². The van der Waals surface area contributed by atoms with Crippen molar-refractivity contribution in [2.75, 3.05) is 6.54 Å². The van der Waals surface area contributed by atoms with Gasteiger partial charge in [0.25, 0.3) is 0 Å². The first kappa shape index (κ1) is 18.1. The Labute approximate surface area is 148 Å². The molecule has 0 saturated carbocycles. The topological polar surface area (TPSA) is 89.8 Å². The molecule has 0 radical (unpaired) electrons. The molecule has 10 heteroatoms. The highest BCUT2D eigenvalue weighted by atomic mass is 32.2. The van der Waals surface area contributed by atoms with Gasteiger partial charge in [0.2, 0.25) is 10.0 Å². The fourth-order valence-corrected chi connectivity index (χ4v) is 3.41. The molecule has 0 atom stereocenters. The zero-order valence-electron chi connectivity index (χ0n) is 13.5. The van der Waals surface area contributed by atoms with Crippen LogP contribution in [0, 0.1) is 11.6 Å². The van der Waals surface area contributed by atoms with Gasteiger partial charge in [0, 0.05) is 30.7 Å². The lowest BCUT2D eigenvalue weighted by Gasteiger charge is -2.08. The first-order chi connectivity index (χ1) is 12.4. The predicted octanol–water partition coefficient (Wildman–Crippen LogP) is 1.74. The summed E-state index contributed by atoms with van der Waals surface area (Å²) < 4.78 is 54.7. The number of hydrogen-bond acceptors (Lipinski definition) is 5. The molecule has 2 aromatic heterocycles. The summed E-state index contributed by atoms with van der Waals surface area (Å²) >= 11 is 0. The van der Waals surface area contributed by atoms with Gasteiger partial charge in [-0.2, -0.15) is 5.10 Å². The molecule has 0 spiro atoms. The minimum Gasteiger partial charge on any atom is -0.271 e. The van der Waals surface area contributed by atoms with Crippen molar-refractivity contribution < 1.29 is 17.2 Å². The number of nitrogens with zero attached hydrogens (tertiary/aromatic N) is 4. The third-order valence-corrected chi connectivity index (χ3v) is 4.82. The van der Waals surface area contributed by atoms with Gasteiger partial charge in [-0.3, -0.25) is 14.6 Å². The lowest BCUT2D eigenvalue weighted by Crippen LogP contribution is -2.29. The van der Waals surface area contributed by atoms with Gasteiger partial charge in [-0.25, -0.2) is 21.9 Å². The van der Waals surface area contributed by atoms with Crippen LogP contribution >= 0.6 is 0 Å². The van der Waals surface area contributed by atoms with Crippen LogP contribution in [-0.2, 0) is 22.3 Å². The minimum atomic E-state index is -3.81. The van der Waals surface area contributed by atoms with Gasteiger partial charge in [-0.1, -0.05) is 0 Å². The molecule has 2 heterocycles. The van der Waals surface area contributed by atoms with E-state index in [0.717, 1.165) is 18.2 Å². The summed E-state index contributed by atoms with van der Waals surface area (Å²) in [5, 5.41) is 4.28. The summed E-state index contributed by atoms with van der Waals surface area (Å²) in [5.74, 6) is -2.09. The second-order valence-corrected chi connectivity index (χ2v) is 7.25. The van der Waals surface area contributed by atoms with Gasteiger partial charge >= 0.3 is 0 Å². The van der Waals surface area contributed by atoms with Gasteiger partial charge in [-0.05, 0) is 24.3 Å². The second-order valence-electron chi connectivity index (χ2n) is 5.44. The number of nitrogens with one attached hydrogen (secondary N) is 1. The fraction of sp³-hybridized carbons (Fsp3) is 0.188. The molecule has 0 aliphatic carbocycles. The fourth-order valence-electron chi connectivity index (χ4n) is 2.28. The van der Waals surface area contributed by atoms with E-state index in [1.807, 2.05) is 0 Å². The largest absolute Gasteiger partial charge is 0.271 e. The molecule has 0 aliphatic rings. The van der Waals surface area contributed by atoms with Crippen LogP contribution in [0.5, 0.6) is 0 Å². The Morgan fingerprint density at radius 2 is 1.96 bits per heavy atom. The Balaban J connectivity index is 1.57. The molecule has 0 amide bonds. The molecule has 0 aliphatic heterocycles. The second kappa shape index (κ2) is 7.67. The number of sulfonamides is 1. The van der Waals surface area contributed by atoms with Crippen LogP contribution in [0.3, 0.4) is 0 Å². The van der Waals surface area contributed by atoms with Crippen LogP contribution in [0.25, 0.3) is 11.4 Å². The quantitative estimate of drug-likeness (QED) is 0.675. The third kappa shape index (κ3) is 4.67. The molecule has 7 nitrogen and oxygen atoms in total. The van der Waals surface area contributed by atoms with E-state index in [2.05, 4.69) is 19.8 Å². The number of rotatable bonds is 7. The summed E-state index contributed by atoms with van der Waals surface area (Å²) in [4.78, 5) is 8.09. The van der Waals surface area contributed by atoms with Crippen LogP contribution < -0.4 is 4.72 Å². The van der Waals surface area contributed by atoms with E-state index < -0.39 is 27.4 Å². The molecule has 0 saturated heterocycles. The lowest BCUT2D eigenvalue weighted by atomic mass is 10.2. The van der Waals surface area contributed by atoms with Gasteiger partial charge in [0.1, 0.15) is 23.0 Å². The lowest BCUT2D eigenvalue weighted by molar-refractivity contribution is 0.555. The Hall–Kier alpha value is -2.72. The van der Waals surface area contributed by atoms with E-state index in [-0.39, 0.29) is 18.7 Å². The molecule has 3 aromatic rings. The molecule has 136 valence electrons. The van der Waals surface area contributed by atoms with Gasteiger partial charge in [0.15, 0.2) is 0 Å². The Bertz CT molecular complexity index is 993. The number of hydrogen-bond donors (Lipinski definition) is 1. The van der Waals surface area contributed by atoms with E-state index in [0.29, 0.717) is 11.4 Å². The minimum absolute atomic E-state index is 0.0564. The van der Waals surface area contributed by atoms with Crippen LogP contribution in [0.15, 0.2) is 49.1 Å². The molecular weight excluding hydrogens is 364 g/mol. The Morgan fingerprint density at radius 3 is 2.73 bits per heavy atom. The maximum absolute atomic E-state index is 13.6. The third-order valence-electron chi connectivity index (χ3n) is 3.48. The van der Waals surface area contributed by atoms with Gasteiger partial charge in [-0.15, -0.1) is 0 Å². The summed E-state index contributed by atoms with van der Waals surface area (Å²) in [6.07, 6.45) is 6.36. The van der Waals surface area contributed by atoms with Crippen molar-refractivity contribution in [1.82, 2.24) is 24.5 Å². The molecule has 1 N–H and O–H groups in total. The number of halogens is 2. The summed E-state index contributed by atoms with van der Waals surface area (Å²) in [5.41, 5.74) is 0.998. The molecule has 0 bridgehead atoms. The molecule has 1 aromatic carbocycles. The first-order valence-corrected chi connectivity index (χ1v) is 9.29. The molecule has 0 unspecified atom stereocenters. The van der Waals surface area contributed by atoms with Crippen molar-refractivity contribution in [3.05, 3.63) is 66.3 Å². The summed E-state index contributed by atoms with van der Waals surface area (Å²) in [7, 11) is -3.81. The normalized spacial score (nSPS) is 11.6. The van der Waals surface area contributed by atoms with E-state index >= 15 is 0 Å². The van der Waals surface area contributed by atoms with Crippen LogP contribution in [-0.4, -0.2) is 34.7 Å². The standard InChI is InChI=1S/C16H15F2N5O2S/c17-13-1-2-14(18)12(9-13)11-26(24,25)21-6-8-23-7-3-15(22-23)16-10-19-4-5-20-16/h1-5,7,9-10,21H,6,8,11H2. The van der Waals surface area contributed by atoms with E-state index in [9.17, 15) is 17.2 Å². The van der Waals surface area contributed by atoms with Crippen molar-refractivity contribution in [2.45, 2.75) is 12.3 Å². The van der Waals surface area contributed by atoms with Gasteiger partial charge in [0.05, 0.1) is 18.5 Å².